The van der Waals surface area contributed by atoms with Crippen molar-refractivity contribution >= 4 is 23.2 Å². The van der Waals surface area contributed by atoms with E-state index in [1.807, 2.05) is 0 Å². The van der Waals surface area contributed by atoms with Gasteiger partial charge in [0.15, 0.2) is 5.75 Å². The van der Waals surface area contributed by atoms with Crippen LogP contribution >= 0.6 is 0 Å². The summed E-state index contributed by atoms with van der Waals surface area (Å²) in [6.07, 6.45) is 2.41. The molecule has 0 radical (unpaired) electrons. The molecule has 11 heteroatoms. The number of anilines is 3. The maximum atomic E-state index is 13.8. The molecule has 2 aromatic heterocycles. The number of nitrogens with zero attached hydrogens (tertiary/aromatic N) is 3. The van der Waals surface area contributed by atoms with Gasteiger partial charge < -0.3 is 20.1 Å². The number of hydrogen-bond acceptors (Lipinski definition) is 7. The quantitative estimate of drug-likeness (QED) is 0.620. The van der Waals surface area contributed by atoms with E-state index in [0.29, 0.717) is 44.4 Å². The minimum Gasteiger partial charge on any atom is -0.489 e. The number of ether oxygens (including phenoxy) is 2. The van der Waals surface area contributed by atoms with Crippen LogP contribution in [0.5, 0.6) is 5.75 Å². The predicted molar refractivity (Wildman–Crippen MR) is 112 cm³/mol. The summed E-state index contributed by atoms with van der Waals surface area (Å²) < 4.78 is 52.6. The van der Waals surface area contributed by atoms with Gasteiger partial charge in [0.25, 0.3) is 0 Å². The minimum atomic E-state index is -3.22. The fourth-order valence-electron chi connectivity index (χ4n) is 3.22. The van der Waals surface area contributed by atoms with Gasteiger partial charge in [-0.25, -0.2) is 15.0 Å². The summed E-state index contributed by atoms with van der Waals surface area (Å²) in [6.45, 7) is 4.05. The smallest absolute Gasteiger partial charge is 0.303 e. The third-order valence-corrected chi connectivity index (χ3v) is 5.05. The zero-order valence-corrected chi connectivity index (χ0v) is 18.2. The predicted octanol–water partition coefficient (Wildman–Crippen LogP) is 4.14. The SMILES string of the molecule is CC(=O)Nc1cc(Nc2cc(C)nc(C(C)(F)F)n2)c(OCC2(CF)CCOCC2)cn1. The summed E-state index contributed by atoms with van der Waals surface area (Å²) in [5, 5.41) is 5.49. The first-order valence-electron chi connectivity index (χ1n) is 10.2. The van der Waals surface area contributed by atoms with E-state index in [9.17, 15) is 18.0 Å². The molecule has 3 heterocycles. The van der Waals surface area contributed by atoms with Crippen molar-refractivity contribution in [3.05, 3.63) is 29.8 Å². The Morgan fingerprint density at radius 2 is 1.97 bits per heavy atom. The maximum absolute atomic E-state index is 13.8. The highest BCUT2D eigenvalue weighted by Gasteiger charge is 2.34. The molecule has 32 heavy (non-hydrogen) atoms. The summed E-state index contributed by atoms with van der Waals surface area (Å²) in [7, 11) is 0. The molecule has 174 valence electrons. The molecule has 0 unspecified atom stereocenters. The second-order valence-corrected chi connectivity index (χ2v) is 8.01. The van der Waals surface area contributed by atoms with Gasteiger partial charge in [-0.3, -0.25) is 9.18 Å². The molecule has 0 saturated carbocycles. The monoisotopic (exact) mass is 453 g/mol. The van der Waals surface area contributed by atoms with Crippen LogP contribution in [0.1, 0.15) is 38.2 Å². The molecular weight excluding hydrogens is 427 g/mol. The fourth-order valence-corrected chi connectivity index (χ4v) is 3.22. The van der Waals surface area contributed by atoms with Crippen LogP contribution in [-0.4, -0.2) is 47.4 Å². The second-order valence-electron chi connectivity index (χ2n) is 8.01. The normalized spacial score (nSPS) is 15.8. The van der Waals surface area contributed by atoms with Crippen molar-refractivity contribution in [2.24, 2.45) is 5.41 Å². The molecule has 1 aliphatic rings. The Bertz CT molecular complexity index is 962. The third-order valence-electron chi connectivity index (χ3n) is 5.05. The molecular formula is C21H26F3N5O3. The average molecular weight is 453 g/mol. The van der Waals surface area contributed by atoms with Gasteiger partial charge in [0.05, 0.1) is 25.2 Å². The molecule has 1 saturated heterocycles. The molecule has 0 spiro atoms. The summed E-state index contributed by atoms with van der Waals surface area (Å²) in [5.41, 5.74) is -0.00102. The maximum Gasteiger partial charge on any atom is 0.303 e. The van der Waals surface area contributed by atoms with Crippen molar-refractivity contribution in [2.45, 2.75) is 39.5 Å². The first-order valence-corrected chi connectivity index (χ1v) is 10.2. The molecule has 0 aliphatic carbocycles. The first kappa shape index (κ1) is 23.7. The Morgan fingerprint density at radius 1 is 1.25 bits per heavy atom. The minimum absolute atomic E-state index is 0.0871. The van der Waals surface area contributed by atoms with E-state index in [1.54, 1.807) is 6.92 Å². The Hall–Kier alpha value is -2.95. The van der Waals surface area contributed by atoms with Gasteiger partial charge in [0.2, 0.25) is 11.7 Å². The van der Waals surface area contributed by atoms with Crippen LogP contribution in [0.3, 0.4) is 0 Å². The van der Waals surface area contributed by atoms with Crippen LogP contribution in [0.4, 0.5) is 30.5 Å². The molecule has 0 aromatic carbocycles. The van der Waals surface area contributed by atoms with Gasteiger partial charge in [-0.2, -0.15) is 8.78 Å². The van der Waals surface area contributed by atoms with Crippen molar-refractivity contribution in [3.8, 4) is 5.75 Å². The molecule has 1 amide bonds. The summed E-state index contributed by atoms with van der Waals surface area (Å²) >= 11 is 0. The lowest BCUT2D eigenvalue weighted by molar-refractivity contribution is -0.114. The van der Waals surface area contributed by atoms with Crippen LogP contribution in [0, 0.1) is 12.3 Å². The van der Waals surface area contributed by atoms with Gasteiger partial charge >= 0.3 is 5.92 Å². The highest BCUT2D eigenvalue weighted by atomic mass is 19.3. The zero-order valence-electron chi connectivity index (χ0n) is 18.2. The van der Waals surface area contributed by atoms with E-state index in [0.717, 1.165) is 0 Å². The lowest BCUT2D eigenvalue weighted by Crippen LogP contribution is -2.37. The zero-order chi connectivity index (χ0) is 23.4. The summed E-state index contributed by atoms with van der Waals surface area (Å²) in [5.74, 6) is -3.58. The van der Waals surface area contributed by atoms with Crippen molar-refractivity contribution in [1.82, 2.24) is 15.0 Å². The van der Waals surface area contributed by atoms with Gasteiger partial charge in [0, 0.05) is 50.3 Å². The van der Waals surface area contributed by atoms with Gasteiger partial charge in [0.1, 0.15) is 11.6 Å². The van der Waals surface area contributed by atoms with E-state index < -0.39 is 23.8 Å². The standard InChI is InChI=1S/C21H26F3N5O3/c1-13-8-18(29-19(26-13)20(3,23)24)28-15-9-17(27-14(2)30)25-10-16(15)32-12-21(11-22)4-6-31-7-5-21/h8-10H,4-7,11-12H2,1-3H3,(H2,25,26,27,28,29,30). The van der Waals surface area contributed by atoms with E-state index in [-0.39, 0.29) is 29.9 Å². The van der Waals surface area contributed by atoms with E-state index >= 15 is 0 Å². The fraction of sp³-hybridized carbons (Fsp3) is 0.524. The number of pyridine rings is 1. The number of aryl methyl sites for hydroxylation is 1. The van der Waals surface area contributed by atoms with Crippen LogP contribution in [-0.2, 0) is 15.5 Å². The van der Waals surface area contributed by atoms with Crippen LogP contribution < -0.4 is 15.4 Å². The number of rotatable bonds is 8. The Morgan fingerprint density at radius 3 is 2.59 bits per heavy atom. The lowest BCUT2D eigenvalue weighted by atomic mass is 9.82. The third kappa shape index (κ3) is 6.06. The lowest BCUT2D eigenvalue weighted by Gasteiger charge is -2.34. The van der Waals surface area contributed by atoms with Gasteiger partial charge in [-0.05, 0) is 19.8 Å². The Labute approximate surface area is 184 Å². The number of aromatic nitrogens is 3. The molecule has 1 fully saturated rings. The van der Waals surface area contributed by atoms with E-state index in [1.165, 1.54) is 25.3 Å². The van der Waals surface area contributed by atoms with Crippen molar-refractivity contribution in [3.63, 3.8) is 0 Å². The number of carbonyl (C=O) groups is 1. The number of alkyl halides is 3. The number of hydrogen-bond donors (Lipinski definition) is 2. The first-order chi connectivity index (χ1) is 15.1. The molecule has 8 nitrogen and oxygen atoms in total. The number of halogens is 3. The second kappa shape index (κ2) is 9.68. The topological polar surface area (TPSA) is 98.3 Å². The Balaban J connectivity index is 1.90. The average Bonchev–Trinajstić information content (AvgIpc) is 2.72. The van der Waals surface area contributed by atoms with Crippen LogP contribution in [0.25, 0.3) is 0 Å². The molecule has 3 rings (SSSR count). The Kier molecular flexibility index (Phi) is 7.17. The number of carbonyl (C=O) groups excluding carboxylic acids is 1. The van der Waals surface area contributed by atoms with Crippen molar-refractivity contribution in [1.29, 1.82) is 0 Å². The number of amides is 1. The molecule has 2 N–H and O–H groups in total. The number of nitrogens with one attached hydrogen (secondary N) is 2. The molecule has 2 aromatic rings. The van der Waals surface area contributed by atoms with E-state index in [2.05, 4.69) is 25.6 Å². The highest BCUT2D eigenvalue weighted by molar-refractivity contribution is 5.88. The highest BCUT2D eigenvalue weighted by Crippen LogP contribution is 2.35. The van der Waals surface area contributed by atoms with Gasteiger partial charge in [-0.1, -0.05) is 0 Å². The van der Waals surface area contributed by atoms with Crippen LogP contribution in [0.2, 0.25) is 0 Å². The van der Waals surface area contributed by atoms with Crippen molar-refractivity contribution < 1.29 is 27.4 Å². The molecule has 1 aliphatic heterocycles. The molecule has 0 atom stereocenters. The van der Waals surface area contributed by atoms with Gasteiger partial charge in [-0.15, -0.1) is 0 Å². The van der Waals surface area contributed by atoms with E-state index in [4.69, 9.17) is 9.47 Å². The summed E-state index contributed by atoms with van der Waals surface area (Å²) in [6, 6.07) is 2.99. The van der Waals surface area contributed by atoms with Crippen molar-refractivity contribution in [2.75, 3.05) is 37.1 Å². The summed E-state index contributed by atoms with van der Waals surface area (Å²) in [4.78, 5) is 23.2. The largest absolute Gasteiger partial charge is 0.489 e. The van der Waals surface area contributed by atoms with Crippen LogP contribution in [0.15, 0.2) is 18.3 Å². The molecule has 0 bridgehead atoms.